The zero-order valence-electron chi connectivity index (χ0n) is 11.4. The van der Waals surface area contributed by atoms with Crippen LogP contribution in [-0.2, 0) is 14.4 Å². The van der Waals surface area contributed by atoms with Crippen LogP contribution in [0.1, 0.15) is 33.6 Å². The molecule has 0 bridgehead atoms. The molecule has 21 heavy (non-hydrogen) atoms. The average Bonchev–Trinajstić information content (AvgIpc) is 2.73. The highest BCUT2D eigenvalue weighted by molar-refractivity contribution is 6.20. The van der Waals surface area contributed by atoms with Crippen molar-refractivity contribution in [1.82, 2.24) is 5.06 Å². The van der Waals surface area contributed by atoms with E-state index in [2.05, 4.69) is 6.58 Å². The van der Waals surface area contributed by atoms with Gasteiger partial charge in [0.25, 0.3) is 11.8 Å². The maximum Gasteiger partial charge on any atom is 0.333 e. The number of hydrogen-bond acceptors (Lipinski definition) is 5. The SMILES string of the molecule is C=CCOCCCC(=O)ON1C(=O)c2ccccc2C1=O. The Labute approximate surface area is 121 Å². The Hall–Kier alpha value is -2.47. The normalized spacial score (nSPS) is 13.2. The number of ether oxygens (including phenoxy) is 1. The first-order valence-corrected chi connectivity index (χ1v) is 6.52. The largest absolute Gasteiger partial charge is 0.377 e. The number of hydrogen-bond donors (Lipinski definition) is 0. The van der Waals surface area contributed by atoms with E-state index >= 15 is 0 Å². The van der Waals surface area contributed by atoms with Crippen LogP contribution in [0, 0.1) is 0 Å². The second-order valence-corrected chi connectivity index (χ2v) is 4.38. The first kappa shape index (κ1) is 14.9. The third-order valence-corrected chi connectivity index (χ3v) is 2.86. The lowest BCUT2D eigenvalue weighted by Gasteiger charge is -2.12. The van der Waals surface area contributed by atoms with Gasteiger partial charge in [-0.25, -0.2) is 4.79 Å². The van der Waals surface area contributed by atoms with Crippen LogP contribution >= 0.6 is 0 Å². The van der Waals surface area contributed by atoms with E-state index in [0.717, 1.165) is 0 Å². The summed E-state index contributed by atoms with van der Waals surface area (Å²) in [5, 5.41) is 0.512. The molecule has 6 nitrogen and oxygen atoms in total. The molecule has 0 fully saturated rings. The molecule has 0 atom stereocenters. The molecule has 0 spiro atoms. The Morgan fingerprint density at radius 3 is 2.38 bits per heavy atom. The van der Waals surface area contributed by atoms with Gasteiger partial charge < -0.3 is 9.57 Å². The molecule has 110 valence electrons. The summed E-state index contributed by atoms with van der Waals surface area (Å²) in [5.74, 6) is -1.88. The summed E-state index contributed by atoms with van der Waals surface area (Å²) in [6.45, 7) is 4.29. The van der Waals surface area contributed by atoms with Crippen molar-refractivity contribution in [3.05, 3.63) is 48.0 Å². The van der Waals surface area contributed by atoms with Crippen LogP contribution < -0.4 is 0 Å². The van der Waals surface area contributed by atoms with Gasteiger partial charge in [0.2, 0.25) is 0 Å². The molecule has 0 saturated heterocycles. The molecule has 1 aliphatic rings. The summed E-state index contributed by atoms with van der Waals surface area (Å²) in [5.41, 5.74) is 0.481. The minimum Gasteiger partial charge on any atom is -0.377 e. The predicted molar refractivity (Wildman–Crippen MR) is 73.3 cm³/mol. The minimum absolute atomic E-state index is 0.0601. The maximum absolute atomic E-state index is 11.9. The van der Waals surface area contributed by atoms with Gasteiger partial charge in [-0.05, 0) is 18.6 Å². The van der Waals surface area contributed by atoms with Gasteiger partial charge in [-0.1, -0.05) is 23.3 Å². The number of amides is 2. The van der Waals surface area contributed by atoms with Gasteiger partial charge in [-0.15, -0.1) is 6.58 Å². The van der Waals surface area contributed by atoms with Crippen molar-refractivity contribution in [2.45, 2.75) is 12.8 Å². The van der Waals surface area contributed by atoms with E-state index in [9.17, 15) is 14.4 Å². The monoisotopic (exact) mass is 289 g/mol. The van der Waals surface area contributed by atoms with E-state index < -0.39 is 17.8 Å². The minimum atomic E-state index is -0.647. The van der Waals surface area contributed by atoms with Crippen molar-refractivity contribution in [2.75, 3.05) is 13.2 Å². The molecule has 0 unspecified atom stereocenters. The number of carbonyl (C=O) groups excluding carboxylic acids is 3. The Morgan fingerprint density at radius 2 is 1.81 bits per heavy atom. The quantitative estimate of drug-likeness (QED) is 0.434. The van der Waals surface area contributed by atoms with E-state index in [0.29, 0.717) is 24.7 Å². The van der Waals surface area contributed by atoms with Gasteiger partial charge in [0.1, 0.15) is 0 Å². The first-order chi connectivity index (χ1) is 10.1. The summed E-state index contributed by atoms with van der Waals surface area (Å²) in [6, 6.07) is 6.33. The zero-order chi connectivity index (χ0) is 15.2. The molecule has 1 aromatic carbocycles. The number of imide groups is 1. The standard InChI is InChI=1S/C15H15NO5/c1-2-9-20-10-5-8-13(17)21-16-14(18)11-6-3-4-7-12(11)15(16)19/h2-4,6-7H,1,5,8-10H2. The van der Waals surface area contributed by atoms with E-state index in [4.69, 9.17) is 9.57 Å². The second-order valence-electron chi connectivity index (χ2n) is 4.38. The van der Waals surface area contributed by atoms with Crippen molar-refractivity contribution >= 4 is 17.8 Å². The molecule has 6 heteroatoms. The molecule has 2 rings (SSSR count). The summed E-state index contributed by atoms with van der Waals surface area (Å²) in [6.07, 6.45) is 2.11. The van der Waals surface area contributed by atoms with Crippen molar-refractivity contribution < 1.29 is 24.0 Å². The molecule has 1 heterocycles. The lowest BCUT2D eigenvalue weighted by atomic mass is 10.1. The fraction of sp³-hybridized carbons (Fsp3) is 0.267. The van der Waals surface area contributed by atoms with Crippen molar-refractivity contribution in [1.29, 1.82) is 0 Å². The number of fused-ring (bicyclic) bond motifs is 1. The van der Waals surface area contributed by atoms with Gasteiger partial charge in [-0.2, -0.15) is 0 Å². The smallest absolute Gasteiger partial charge is 0.333 e. The maximum atomic E-state index is 11.9. The summed E-state index contributed by atoms with van der Waals surface area (Å²) >= 11 is 0. The topological polar surface area (TPSA) is 72.9 Å². The molecule has 1 aliphatic heterocycles. The van der Waals surface area contributed by atoms with Crippen LogP contribution in [-0.4, -0.2) is 36.1 Å². The lowest BCUT2D eigenvalue weighted by molar-refractivity contribution is -0.168. The van der Waals surface area contributed by atoms with Crippen molar-refractivity contribution in [3.8, 4) is 0 Å². The Balaban J connectivity index is 1.87. The van der Waals surface area contributed by atoms with E-state index in [1.165, 1.54) is 12.1 Å². The van der Waals surface area contributed by atoms with Crippen LogP contribution in [0.4, 0.5) is 0 Å². The van der Waals surface area contributed by atoms with Gasteiger partial charge in [0.05, 0.1) is 24.2 Å². The van der Waals surface area contributed by atoms with Crippen molar-refractivity contribution in [2.24, 2.45) is 0 Å². The molecule has 1 aromatic rings. The number of hydroxylamine groups is 2. The Morgan fingerprint density at radius 1 is 1.19 bits per heavy atom. The number of carbonyl (C=O) groups is 3. The Bertz CT molecular complexity index is 546. The summed E-state index contributed by atoms with van der Waals surface area (Å²) in [7, 11) is 0. The Kier molecular flexibility index (Phi) is 4.84. The molecule has 0 saturated carbocycles. The second kappa shape index (κ2) is 6.81. The number of nitrogens with zero attached hydrogens (tertiary/aromatic N) is 1. The summed E-state index contributed by atoms with van der Waals surface area (Å²) < 4.78 is 5.12. The van der Waals surface area contributed by atoms with E-state index in [1.807, 2.05) is 0 Å². The van der Waals surface area contributed by atoms with Gasteiger partial charge in [-0.3, -0.25) is 9.59 Å². The third-order valence-electron chi connectivity index (χ3n) is 2.86. The van der Waals surface area contributed by atoms with Crippen molar-refractivity contribution in [3.63, 3.8) is 0 Å². The predicted octanol–water partition coefficient (Wildman–Crippen LogP) is 1.72. The highest BCUT2D eigenvalue weighted by atomic mass is 16.7. The first-order valence-electron chi connectivity index (χ1n) is 6.52. The van der Waals surface area contributed by atoms with Gasteiger partial charge in [0, 0.05) is 6.61 Å². The van der Waals surface area contributed by atoms with Crippen LogP contribution in [0.25, 0.3) is 0 Å². The number of benzene rings is 1. The zero-order valence-corrected chi connectivity index (χ0v) is 11.4. The van der Waals surface area contributed by atoms with E-state index in [-0.39, 0.29) is 17.5 Å². The van der Waals surface area contributed by atoms with Gasteiger partial charge in [0.15, 0.2) is 0 Å². The summed E-state index contributed by atoms with van der Waals surface area (Å²) in [4.78, 5) is 40.4. The van der Waals surface area contributed by atoms with E-state index in [1.54, 1.807) is 18.2 Å². The molecule has 0 radical (unpaired) electrons. The van der Waals surface area contributed by atoms with Crippen LogP contribution in [0.15, 0.2) is 36.9 Å². The highest BCUT2D eigenvalue weighted by Gasteiger charge is 2.38. The van der Waals surface area contributed by atoms with Crippen LogP contribution in [0.5, 0.6) is 0 Å². The van der Waals surface area contributed by atoms with Crippen LogP contribution in [0.2, 0.25) is 0 Å². The molecule has 0 N–H and O–H groups in total. The molecule has 0 aliphatic carbocycles. The highest BCUT2D eigenvalue weighted by Crippen LogP contribution is 2.22. The fourth-order valence-corrected chi connectivity index (χ4v) is 1.88. The molecular weight excluding hydrogens is 274 g/mol. The third kappa shape index (κ3) is 3.35. The lowest BCUT2D eigenvalue weighted by Crippen LogP contribution is -2.32. The van der Waals surface area contributed by atoms with Gasteiger partial charge >= 0.3 is 5.97 Å². The molecular formula is C15H15NO5. The fourth-order valence-electron chi connectivity index (χ4n) is 1.88. The average molecular weight is 289 g/mol. The molecule has 2 amide bonds. The number of rotatable bonds is 7. The molecule has 0 aromatic heterocycles. The van der Waals surface area contributed by atoms with Crippen LogP contribution in [0.3, 0.4) is 0 Å².